The van der Waals surface area contributed by atoms with Crippen molar-refractivity contribution < 1.29 is 23.9 Å². The minimum atomic E-state index is -0.795. The number of benzene rings is 1. The molecule has 1 atom stereocenters. The van der Waals surface area contributed by atoms with Gasteiger partial charge in [-0.15, -0.1) is 0 Å². The van der Waals surface area contributed by atoms with Gasteiger partial charge in [0.1, 0.15) is 12.3 Å². The number of ether oxygens (including phenoxy) is 2. The molecule has 2 rings (SSSR count). The lowest BCUT2D eigenvalue weighted by atomic mass is 10.1. The molecule has 2 N–H and O–H groups in total. The normalized spacial score (nSPS) is 11.5. The van der Waals surface area contributed by atoms with Gasteiger partial charge < -0.3 is 14.0 Å². The summed E-state index contributed by atoms with van der Waals surface area (Å²) < 4.78 is 12.4. The third-order valence-corrected chi connectivity index (χ3v) is 4.92. The Labute approximate surface area is 176 Å². The van der Waals surface area contributed by atoms with E-state index in [4.69, 9.17) is 9.47 Å². The van der Waals surface area contributed by atoms with Crippen molar-refractivity contribution in [2.24, 2.45) is 0 Å². The summed E-state index contributed by atoms with van der Waals surface area (Å²) in [5.74, 6) is -0.714. The molecule has 0 saturated heterocycles. The number of nitrogens with zero attached hydrogens (tertiary/aromatic N) is 1. The first-order valence-corrected chi connectivity index (χ1v) is 9.81. The van der Waals surface area contributed by atoms with E-state index in [9.17, 15) is 14.4 Å². The zero-order valence-electron chi connectivity index (χ0n) is 18.3. The zero-order chi connectivity index (χ0) is 22.4. The summed E-state index contributed by atoms with van der Waals surface area (Å²) in [6.45, 7) is 11.0. The van der Waals surface area contributed by atoms with E-state index in [1.54, 1.807) is 44.4 Å². The van der Waals surface area contributed by atoms with Gasteiger partial charge in [-0.05, 0) is 64.8 Å². The summed E-state index contributed by atoms with van der Waals surface area (Å²) in [5, 5.41) is 0. The molecule has 0 spiro atoms. The van der Waals surface area contributed by atoms with E-state index in [-0.39, 0.29) is 13.2 Å². The molecule has 30 heavy (non-hydrogen) atoms. The second-order valence-electron chi connectivity index (χ2n) is 7.09. The van der Waals surface area contributed by atoms with E-state index in [0.717, 1.165) is 16.8 Å². The number of amides is 2. The molecule has 0 aliphatic carbocycles. The topological polar surface area (TPSA) is 98.7 Å². The minimum Gasteiger partial charge on any atom is -0.481 e. The molecule has 2 amide bonds. The van der Waals surface area contributed by atoms with E-state index in [1.807, 2.05) is 26.0 Å². The quantitative estimate of drug-likeness (QED) is 0.535. The zero-order valence-corrected chi connectivity index (χ0v) is 18.3. The van der Waals surface area contributed by atoms with Gasteiger partial charge in [-0.3, -0.25) is 20.4 Å². The number of carbonyl (C=O) groups excluding carboxylic acids is 3. The lowest BCUT2D eigenvalue weighted by Crippen LogP contribution is -2.48. The molecule has 0 aliphatic rings. The average molecular weight is 415 g/mol. The Balaban J connectivity index is 1.93. The molecule has 0 aliphatic heterocycles. The maximum absolute atomic E-state index is 12.3. The SMILES string of the molecule is CCOC(=O)c1cc(C)n(CC(=O)NNC(=O)[C@H](C)Oc2cccc(C)c2C)c1C. The van der Waals surface area contributed by atoms with E-state index >= 15 is 0 Å². The first-order chi connectivity index (χ1) is 14.1. The van der Waals surface area contributed by atoms with Gasteiger partial charge in [0.2, 0.25) is 0 Å². The molecule has 0 saturated carbocycles. The van der Waals surface area contributed by atoms with Crippen molar-refractivity contribution in [1.82, 2.24) is 15.4 Å². The lowest BCUT2D eigenvalue weighted by molar-refractivity contribution is -0.133. The number of esters is 1. The fraction of sp³-hybridized carbons (Fsp3) is 0.409. The number of rotatable bonds is 7. The molecule has 1 aromatic carbocycles. The smallest absolute Gasteiger partial charge is 0.339 e. The van der Waals surface area contributed by atoms with Crippen LogP contribution in [0.15, 0.2) is 24.3 Å². The predicted molar refractivity (Wildman–Crippen MR) is 112 cm³/mol. The minimum absolute atomic E-state index is 0.0520. The molecule has 0 unspecified atom stereocenters. The standard InChI is InChI=1S/C22H29N3O5/c1-7-29-22(28)18-11-14(3)25(16(18)5)12-20(26)23-24-21(27)17(6)30-19-10-8-9-13(2)15(19)4/h8-11,17H,7,12H2,1-6H3,(H,23,26)(H,24,27)/t17-/m0/s1. The fourth-order valence-electron chi connectivity index (χ4n) is 2.97. The summed E-state index contributed by atoms with van der Waals surface area (Å²) in [7, 11) is 0. The van der Waals surface area contributed by atoms with Crippen molar-refractivity contribution >= 4 is 17.8 Å². The summed E-state index contributed by atoms with van der Waals surface area (Å²) in [6, 6.07) is 7.30. The molecule has 2 aromatic rings. The van der Waals surface area contributed by atoms with Crippen LogP contribution in [0.5, 0.6) is 5.75 Å². The fourth-order valence-corrected chi connectivity index (χ4v) is 2.97. The Morgan fingerprint density at radius 2 is 1.80 bits per heavy atom. The third kappa shape index (κ3) is 5.40. The van der Waals surface area contributed by atoms with Gasteiger partial charge >= 0.3 is 5.97 Å². The summed E-state index contributed by atoms with van der Waals surface area (Å²) in [4.78, 5) is 36.6. The van der Waals surface area contributed by atoms with Crippen LogP contribution in [0.2, 0.25) is 0 Å². The maximum Gasteiger partial charge on any atom is 0.339 e. The Morgan fingerprint density at radius 3 is 2.47 bits per heavy atom. The number of hydrogen-bond donors (Lipinski definition) is 2. The highest BCUT2D eigenvalue weighted by Crippen LogP contribution is 2.21. The second-order valence-corrected chi connectivity index (χ2v) is 7.09. The van der Waals surface area contributed by atoms with Crippen molar-refractivity contribution in [2.45, 2.75) is 54.2 Å². The Hall–Kier alpha value is -3.29. The average Bonchev–Trinajstić information content (AvgIpc) is 2.98. The van der Waals surface area contributed by atoms with Crippen LogP contribution in [0.1, 0.15) is 46.7 Å². The first kappa shape index (κ1) is 23.0. The molecule has 0 bridgehead atoms. The van der Waals surface area contributed by atoms with Gasteiger partial charge in [-0.25, -0.2) is 4.79 Å². The summed E-state index contributed by atoms with van der Waals surface area (Å²) in [5.41, 5.74) is 8.56. The van der Waals surface area contributed by atoms with E-state index in [1.165, 1.54) is 0 Å². The van der Waals surface area contributed by atoms with Gasteiger partial charge in [0.15, 0.2) is 6.10 Å². The number of aromatic nitrogens is 1. The van der Waals surface area contributed by atoms with Crippen LogP contribution >= 0.6 is 0 Å². The van der Waals surface area contributed by atoms with Crippen LogP contribution in [0.4, 0.5) is 0 Å². The maximum atomic E-state index is 12.3. The number of aryl methyl sites for hydroxylation is 2. The van der Waals surface area contributed by atoms with Gasteiger partial charge in [0.05, 0.1) is 12.2 Å². The molecular formula is C22H29N3O5. The van der Waals surface area contributed by atoms with Crippen LogP contribution in [-0.4, -0.2) is 35.1 Å². The Bertz CT molecular complexity index is 948. The van der Waals surface area contributed by atoms with E-state index in [0.29, 0.717) is 17.0 Å². The molecule has 8 heteroatoms. The molecule has 0 radical (unpaired) electrons. The van der Waals surface area contributed by atoms with Gasteiger partial charge in [0, 0.05) is 11.4 Å². The molecular weight excluding hydrogens is 386 g/mol. The van der Waals surface area contributed by atoms with Gasteiger partial charge in [-0.2, -0.15) is 0 Å². The highest BCUT2D eigenvalue weighted by molar-refractivity contribution is 5.91. The Morgan fingerprint density at radius 1 is 1.10 bits per heavy atom. The molecule has 0 fully saturated rings. The van der Waals surface area contributed by atoms with Crippen molar-refractivity contribution in [2.75, 3.05) is 6.61 Å². The van der Waals surface area contributed by atoms with Crippen molar-refractivity contribution in [3.63, 3.8) is 0 Å². The predicted octanol–water partition coefficient (Wildman–Crippen LogP) is 2.51. The monoisotopic (exact) mass is 415 g/mol. The van der Waals surface area contributed by atoms with Crippen LogP contribution in [0.25, 0.3) is 0 Å². The van der Waals surface area contributed by atoms with Crippen molar-refractivity contribution in [3.8, 4) is 5.75 Å². The van der Waals surface area contributed by atoms with E-state index < -0.39 is 23.9 Å². The van der Waals surface area contributed by atoms with E-state index in [2.05, 4.69) is 10.9 Å². The number of hydrazine groups is 1. The molecule has 8 nitrogen and oxygen atoms in total. The number of carbonyl (C=O) groups is 3. The van der Waals surface area contributed by atoms with Crippen LogP contribution in [0.3, 0.4) is 0 Å². The third-order valence-electron chi connectivity index (χ3n) is 4.92. The molecule has 1 heterocycles. The highest BCUT2D eigenvalue weighted by Gasteiger charge is 2.20. The van der Waals surface area contributed by atoms with Crippen LogP contribution < -0.4 is 15.6 Å². The second kappa shape index (κ2) is 9.96. The summed E-state index contributed by atoms with van der Waals surface area (Å²) in [6.07, 6.45) is -0.795. The lowest BCUT2D eigenvalue weighted by Gasteiger charge is -2.17. The molecule has 1 aromatic heterocycles. The van der Waals surface area contributed by atoms with Crippen LogP contribution in [0, 0.1) is 27.7 Å². The van der Waals surface area contributed by atoms with Crippen LogP contribution in [-0.2, 0) is 20.9 Å². The van der Waals surface area contributed by atoms with Crippen molar-refractivity contribution in [1.29, 1.82) is 0 Å². The Kier molecular flexibility index (Phi) is 7.63. The largest absolute Gasteiger partial charge is 0.481 e. The van der Waals surface area contributed by atoms with Crippen molar-refractivity contribution in [3.05, 3.63) is 52.3 Å². The number of nitrogens with one attached hydrogen (secondary N) is 2. The van der Waals surface area contributed by atoms with Gasteiger partial charge in [0.25, 0.3) is 11.8 Å². The number of hydrogen-bond acceptors (Lipinski definition) is 5. The van der Waals surface area contributed by atoms with Gasteiger partial charge in [-0.1, -0.05) is 12.1 Å². The summed E-state index contributed by atoms with van der Waals surface area (Å²) >= 11 is 0. The first-order valence-electron chi connectivity index (χ1n) is 9.81. The molecule has 162 valence electrons. The highest BCUT2D eigenvalue weighted by atomic mass is 16.5.